The lowest BCUT2D eigenvalue weighted by atomic mass is 9.97. The largest absolute Gasteiger partial charge is 0.468 e. The molecular weight excluding hydrogens is 470 g/mol. The summed E-state index contributed by atoms with van der Waals surface area (Å²) >= 11 is 6.17. The minimum atomic E-state index is -1.07. The Kier molecular flexibility index (Phi) is 8.89. The number of nitrogens with one attached hydrogen (secondary N) is 3. The van der Waals surface area contributed by atoms with Gasteiger partial charge in [0.25, 0.3) is 0 Å². The van der Waals surface area contributed by atoms with Gasteiger partial charge < -0.3 is 19.8 Å². The number of halogens is 1. The van der Waals surface area contributed by atoms with Crippen LogP contribution in [0.1, 0.15) is 48.4 Å². The maximum atomic E-state index is 13.6. The van der Waals surface area contributed by atoms with Crippen LogP contribution in [-0.2, 0) is 25.6 Å². The number of H-pyrrole nitrogens is 1. The van der Waals surface area contributed by atoms with Crippen LogP contribution < -0.4 is 10.6 Å². The van der Waals surface area contributed by atoms with E-state index in [2.05, 4.69) is 15.6 Å². The second kappa shape index (κ2) is 11.9. The molecule has 2 unspecified atom stereocenters. The molecule has 35 heavy (non-hydrogen) atoms. The minimum absolute atomic E-state index is 0.115. The molecule has 0 aliphatic carbocycles. The molecule has 2 atom stereocenters. The Labute approximate surface area is 209 Å². The van der Waals surface area contributed by atoms with Crippen LogP contribution in [-0.4, -0.2) is 42.6 Å². The van der Waals surface area contributed by atoms with Gasteiger partial charge in [0.2, 0.25) is 5.91 Å². The highest BCUT2D eigenvalue weighted by atomic mass is 35.5. The summed E-state index contributed by atoms with van der Waals surface area (Å²) in [6.45, 7) is 5.81. The second-order valence-corrected chi connectivity index (χ2v) is 8.81. The van der Waals surface area contributed by atoms with E-state index >= 15 is 0 Å². The minimum Gasteiger partial charge on any atom is -0.468 e. The zero-order valence-electron chi connectivity index (χ0n) is 20.2. The number of rotatable bonds is 10. The first-order valence-corrected chi connectivity index (χ1v) is 11.8. The van der Waals surface area contributed by atoms with Gasteiger partial charge >= 0.3 is 11.9 Å². The molecule has 8 nitrogen and oxygen atoms in total. The molecule has 0 aliphatic rings. The molecule has 0 bridgehead atoms. The lowest BCUT2D eigenvalue weighted by Gasteiger charge is -2.26. The first-order valence-electron chi connectivity index (χ1n) is 11.4. The van der Waals surface area contributed by atoms with Gasteiger partial charge in [0.15, 0.2) is 0 Å². The number of benzene rings is 2. The SMILES string of the molecule is CCOC(=O)c1[nH]c2cc(Cl)ccc2c1C(NC(C(=O)OC)C(C)C)C(=O)NCc1ccccc1. The highest BCUT2D eigenvalue weighted by Crippen LogP contribution is 2.32. The van der Waals surface area contributed by atoms with Gasteiger partial charge in [-0.05, 0) is 30.5 Å². The van der Waals surface area contributed by atoms with E-state index in [4.69, 9.17) is 21.1 Å². The molecule has 0 aliphatic heterocycles. The molecule has 3 rings (SSSR count). The smallest absolute Gasteiger partial charge is 0.355 e. The number of carbonyl (C=O) groups excluding carboxylic acids is 3. The Morgan fingerprint density at radius 2 is 1.80 bits per heavy atom. The number of methoxy groups -OCH3 is 1. The van der Waals surface area contributed by atoms with E-state index in [1.807, 2.05) is 44.2 Å². The van der Waals surface area contributed by atoms with Crippen LogP contribution in [0.15, 0.2) is 48.5 Å². The Morgan fingerprint density at radius 3 is 2.43 bits per heavy atom. The van der Waals surface area contributed by atoms with Gasteiger partial charge in [-0.1, -0.05) is 61.8 Å². The number of hydrogen-bond donors (Lipinski definition) is 3. The van der Waals surface area contributed by atoms with Crippen LogP contribution in [0.2, 0.25) is 5.02 Å². The van der Waals surface area contributed by atoms with E-state index in [9.17, 15) is 14.4 Å². The average molecular weight is 500 g/mol. The van der Waals surface area contributed by atoms with Crippen LogP contribution in [0.5, 0.6) is 0 Å². The van der Waals surface area contributed by atoms with Gasteiger partial charge in [-0.25, -0.2) is 4.79 Å². The van der Waals surface area contributed by atoms with Crippen LogP contribution >= 0.6 is 11.6 Å². The van der Waals surface area contributed by atoms with Crippen molar-refractivity contribution in [3.05, 3.63) is 70.4 Å². The third-order valence-electron chi connectivity index (χ3n) is 5.61. The molecule has 0 spiro atoms. The molecule has 0 radical (unpaired) electrons. The van der Waals surface area contributed by atoms with E-state index in [0.29, 0.717) is 21.5 Å². The van der Waals surface area contributed by atoms with Crippen LogP contribution in [0.25, 0.3) is 10.9 Å². The maximum Gasteiger partial charge on any atom is 0.355 e. The summed E-state index contributed by atoms with van der Waals surface area (Å²) in [6.07, 6.45) is 0. The summed E-state index contributed by atoms with van der Waals surface area (Å²) in [5, 5.41) is 7.13. The molecule has 1 aromatic heterocycles. The van der Waals surface area contributed by atoms with E-state index in [1.54, 1.807) is 25.1 Å². The first-order chi connectivity index (χ1) is 16.8. The Balaban J connectivity index is 2.11. The second-order valence-electron chi connectivity index (χ2n) is 8.37. The number of carbonyl (C=O) groups is 3. The van der Waals surface area contributed by atoms with E-state index in [1.165, 1.54) is 7.11 Å². The van der Waals surface area contributed by atoms with E-state index < -0.39 is 29.9 Å². The summed E-state index contributed by atoms with van der Waals surface area (Å²) in [4.78, 5) is 42.1. The lowest BCUT2D eigenvalue weighted by Crippen LogP contribution is -2.48. The fraction of sp³-hybridized carbons (Fsp3) is 0.346. The van der Waals surface area contributed by atoms with Gasteiger partial charge in [-0.2, -0.15) is 0 Å². The summed E-state index contributed by atoms with van der Waals surface area (Å²) < 4.78 is 10.2. The number of fused-ring (bicyclic) bond motifs is 1. The van der Waals surface area contributed by atoms with Gasteiger partial charge in [0.1, 0.15) is 17.8 Å². The van der Waals surface area contributed by atoms with Crippen molar-refractivity contribution in [1.29, 1.82) is 0 Å². The van der Waals surface area contributed by atoms with Gasteiger partial charge in [0.05, 0.1) is 13.7 Å². The quantitative estimate of drug-likeness (QED) is 0.362. The number of aromatic nitrogens is 1. The molecule has 3 N–H and O–H groups in total. The highest BCUT2D eigenvalue weighted by Gasteiger charge is 2.35. The van der Waals surface area contributed by atoms with Crippen LogP contribution in [0, 0.1) is 5.92 Å². The summed E-state index contributed by atoms with van der Waals surface area (Å²) in [6, 6.07) is 12.6. The normalized spacial score (nSPS) is 12.9. The highest BCUT2D eigenvalue weighted by molar-refractivity contribution is 6.31. The van der Waals surface area contributed by atoms with Gasteiger partial charge in [0, 0.05) is 28.0 Å². The Bertz CT molecular complexity index is 1190. The molecule has 0 saturated heterocycles. The summed E-state index contributed by atoms with van der Waals surface area (Å²) in [5.74, 6) is -1.74. The maximum absolute atomic E-state index is 13.6. The average Bonchev–Trinajstić information content (AvgIpc) is 3.21. The van der Waals surface area contributed by atoms with Crippen molar-refractivity contribution in [2.75, 3.05) is 13.7 Å². The number of hydrogen-bond acceptors (Lipinski definition) is 6. The van der Waals surface area contributed by atoms with Crippen molar-refractivity contribution >= 4 is 40.3 Å². The van der Waals surface area contributed by atoms with Crippen molar-refractivity contribution in [2.24, 2.45) is 5.92 Å². The molecule has 2 aromatic carbocycles. The molecule has 9 heteroatoms. The zero-order valence-corrected chi connectivity index (χ0v) is 20.9. The van der Waals surface area contributed by atoms with Crippen molar-refractivity contribution < 1.29 is 23.9 Å². The zero-order chi connectivity index (χ0) is 25.5. The van der Waals surface area contributed by atoms with E-state index in [0.717, 1.165) is 5.56 Å². The molecule has 186 valence electrons. The third-order valence-corrected chi connectivity index (χ3v) is 5.84. The molecule has 1 heterocycles. The van der Waals surface area contributed by atoms with E-state index in [-0.39, 0.29) is 24.8 Å². The molecule has 0 fully saturated rings. The van der Waals surface area contributed by atoms with Crippen molar-refractivity contribution in [1.82, 2.24) is 15.6 Å². The Morgan fingerprint density at radius 1 is 1.09 bits per heavy atom. The predicted octanol–water partition coefficient (Wildman–Crippen LogP) is 4.14. The first kappa shape index (κ1) is 26.2. The fourth-order valence-corrected chi connectivity index (χ4v) is 4.04. The standard InChI is InChI=1S/C26H30ClN3O5/c1-5-35-26(33)23-20(18-12-11-17(27)13-19(18)29-23)22(30-21(15(2)3)25(32)34-4)24(31)28-14-16-9-7-6-8-10-16/h6-13,15,21-22,29-30H,5,14H2,1-4H3,(H,28,31). The number of ether oxygens (including phenoxy) is 2. The van der Waals surface area contributed by atoms with Crippen molar-refractivity contribution in [3.63, 3.8) is 0 Å². The number of esters is 2. The third kappa shape index (κ3) is 6.21. The number of aromatic amines is 1. The van der Waals surface area contributed by atoms with Crippen LogP contribution in [0.4, 0.5) is 0 Å². The lowest BCUT2D eigenvalue weighted by molar-refractivity contribution is -0.144. The molecular formula is C26H30ClN3O5. The predicted molar refractivity (Wildman–Crippen MR) is 134 cm³/mol. The summed E-state index contributed by atoms with van der Waals surface area (Å²) in [5.41, 5.74) is 1.96. The molecule has 0 saturated carbocycles. The van der Waals surface area contributed by atoms with Gasteiger partial charge in [-0.3, -0.25) is 14.9 Å². The Hall–Kier alpha value is -3.36. The number of amides is 1. The molecule has 3 aromatic rings. The van der Waals surface area contributed by atoms with Crippen LogP contribution in [0.3, 0.4) is 0 Å². The monoisotopic (exact) mass is 499 g/mol. The molecule has 1 amide bonds. The van der Waals surface area contributed by atoms with Gasteiger partial charge in [-0.15, -0.1) is 0 Å². The van der Waals surface area contributed by atoms with Crippen molar-refractivity contribution in [3.8, 4) is 0 Å². The van der Waals surface area contributed by atoms with Crippen molar-refractivity contribution in [2.45, 2.75) is 39.4 Å². The summed E-state index contributed by atoms with van der Waals surface area (Å²) in [7, 11) is 1.29. The fourth-order valence-electron chi connectivity index (χ4n) is 3.87. The topological polar surface area (TPSA) is 110 Å².